The van der Waals surface area contributed by atoms with E-state index in [4.69, 9.17) is 4.74 Å². The third-order valence-electron chi connectivity index (χ3n) is 3.56. The Balaban J connectivity index is 1.98. The first-order valence-corrected chi connectivity index (χ1v) is 9.93. The van der Waals surface area contributed by atoms with E-state index in [1.165, 1.54) is 18.9 Å². The van der Waals surface area contributed by atoms with Crippen molar-refractivity contribution in [3.05, 3.63) is 23.8 Å². The van der Waals surface area contributed by atoms with Crippen LogP contribution in [0.15, 0.2) is 23.1 Å². The highest BCUT2D eigenvalue weighted by atomic mass is 32.2. The molecule has 9 heteroatoms. The highest BCUT2D eigenvalue weighted by molar-refractivity contribution is 7.98. The average molecular weight is 358 g/mol. The molecule has 1 aromatic rings. The first-order valence-electron chi connectivity index (χ1n) is 6.89. The van der Waals surface area contributed by atoms with Crippen molar-refractivity contribution in [2.45, 2.75) is 11.3 Å². The van der Waals surface area contributed by atoms with Crippen molar-refractivity contribution in [2.75, 3.05) is 24.9 Å². The lowest BCUT2D eigenvalue weighted by Gasteiger charge is -2.13. The van der Waals surface area contributed by atoms with E-state index in [-0.39, 0.29) is 23.5 Å². The van der Waals surface area contributed by atoms with Gasteiger partial charge in [0.05, 0.1) is 30.1 Å². The maximum Gasteiger partial charge on any atom is 0.273 e. The second kappa shape index (κ2) is 7.22. The van der Waals surface area contributed by atoms with Gasteiger partial charge in [0, 0.05) is 4.90 Å². The van der Waals surface area contributed by atoms with Crippen molar-refractivity contribution < 1.29 is 22.7 Å². The molecule has 2 amide bonds. The fraction of sp³-hybridized carbons (Fsp3) is 0.429. The van der Waals surface area contributed by atoms with Gasteiger partial charge in [0.1, 0.15) is 5.75 Å². The highest BCUT2D eigenvalue weighted by Gasteiger charge is 2.33. The molecule has 0 saturated carbocycles. The number of thioether (sulfide) groups is 1. The number of hydrogen-bond donors (Lipinski definition) is 2. The van der Waals surface area contributed by atoms with Crippen molar-refractivity contribution in [1.29, 1.82) is 0 Å². The van der Waals surface area contributed by atoms with Gasteiger partial charge >= 0.3 is 0 Å². The third-order valence-corrected chi connectivity index (χ3v) is 6.05. The summed E-state index contributed by atoms with van der Waals surface area (Å²) in [5.74, 6) is -1.43. The van der Waals surface area contributed by atoms with Crippen LogP contribution in [0.25, 0.3) is 0 Å². The van der Waals surface area contributed by atoms with E-state index in [9.17, 15) is 18.0 Å². The van der Waals surface area contributed by atoms with Gasteiger partial charge in [-0.05, 0) is 30.9 Å². The largest absolute Gasteiger partial charge is 0.496 e. The molecule has 0 aromatic heterocycles. The molecular weight excluding hydrogens is 340 g/mol. The van der Waals surface area contributed by atoms with Crippen molar-refractivity contribution in [2.24, 2.45) is 5.92 Å². The fourth-order valence-corrected chi connectivity index (χ4v) is 4.45. The van der Waals surface area contributed by atoms with Gasteiger partial charge in [0.2, 0.25) is 5.91 Å². The number of nitrogens with one attached hydrogen (secondary N) is 2. The number of benzene rings is 1. The maximum absolute atomic E-state index is 12.1. The van der Waals surface area contributed by atoms with Crippen LogP contribution in [-0.2, 0) is 14.6 Å². The second-order valence-electron chi connectivity index (χ2n) is 5.11. The summed E-state index contributed by atoms with van der Waals surface area (Å²) in [6.07, 6.45) is 2.18. The standard InChI is InChI=1S/C14H18N2O5S2/c1-21-12-7-10(22-2)3-4-11(12)14(18)16-15-13(17)9-5-6-23(19,20)8-9/h3-4,7,9H,5-6,8H2,1-2H3,(H,15,17)(H,16,18)/t9-/m1/s1. The Kier molecular flexibility index (Phi) is 5.53. The van der Waals surface area contributed by atoms with Gasteiger partial charge in [-0.3, -0.25) is 20.4 Å². The molecule has 1 aliphatic rings. The number of ether oxygens (including phenoxy) is 1. The molecule has 0 spiro atoms. The van der Waals surface area contributed by atoms with Gasteiger partial charge < -0.3 is 4.74 Å². The molecule has 0 radical (unpaired) electrons. The molecule has 7 nitrogen and oxygen atoms in total. The molecule has 0 aliphatic carbocycles. The highest BCUT2D eigenvalue weighted by Crippen LogP contribution is 2.25. The molecule has 126 valence electrons. The van der Waals surface area contributed by atoms with Gasteiger partial charge in [-0.1, -0.05) is 0 Å². The van der Waals surface area contributed by atoms with E-state index in [0.29, 0.717) is 5.75 Å². The normalized spacial score (nSPS) is 19.1. The molecule has 0 unspecified atom stereocenters. The summed E-state index contributed by atoms with van der Waals surface area (Å²) in [4.78, 5) is 25.0. The van der Waals surface area contributed by atoms with Crippen LogP contribution in [-0.4, -0.2) is 45.1 Å². The zero-order chi connectivity index (χ0) is 17.0. The van der Waals surface area contributed by atoms with Crippen LogP contribution in [0.1, 0.15) is 16.8 Å². The number of amides is 2. The summed E-state index contributed by atoms with van der Waals surface area (Å²) in [5, 5.41) is 0. The lowest BCUT2D eigenvalue weighted by Crippen LogP contribution is -2.44. The monoisotopic (exact) mass is 358 g/mol. The average Bonchev–Trinajstić information content (AvgIpc) is 2.91. The van der Waals surface area contributed by atoms with Crippen molar-refractivity contribution in [1.82, 2.24) is 10.9 Å². The Morgan fingerprint density at radius 3 is 2.61 bits per heavy atom. The summed E-state index contributed by atoms with van der Waals surface area (Å²) in [6.45, 7) is 0. The van der Waals surface area contributed by atoms with Crippen LogP contribution >= 0.6 is 11.8 Å². The molecule has 23 heavy (non-hydrogen) atoms. The van der Waals surface area contributed by atoms with E-state index in [1.54, 1.807) is 18.2 Å². The van der Waals surface area contributed by atoms with Gasteiger partial charge in [-0.25, -0.2) is 8.42 Å². The zero-order valence-electron chi connectivity index (χ0n) is 12.8. The van der Waals surface area contributed by atoms with Crippen molar-refractivity contribution >= 4 is 33.4 Å². The zero-order valence-corrected chi connectivity index (χ0v) is 14.4. The van der Waals surface area contributed by atoms with Crippen LogP contribution in [0, 0.1) is 5.92 Å². The van der Waals surface area contributed by atoms with Crippen LogP contribution in [0.5, 0.6) is 5.75 Å². The first-order chi connectivity index (χ1) is 10.9. The van der Waals surface area contributed by atoms with Gasteiger partial charge in [-0.15, -0.1) is 11.8 Å². The smallest absolute Gasteiger partial charge is 0.273 e. The molecule has 2 N–H and O–H groups in total. The number of methoxy groups -OCH3 is 1. The van der Waals surface area contributed by atoms with Crippen LogP contribution in [0.2, 0.25) is 0 Å². The number of rotatable bonds is 4. The summed E-state index contributed by atoms with van der Waals surface area (Å²) in [7, 11) is -1.69. The molecule has 1 fully saturated rings. The van der Waals surface area contributed by atoms with E-state index in [1.807, 2.05) is 6.26 Å². The van der Waals surface area contributed by atoms with Gasteiger partial charge in [-0.2, -0.15) is 0 Å². The molecule has 1 aromatic carbocycles. The van der Waals surface area contributed by atoms with Crippen molar-refractivity contribution in [3.63, 3.8) is 0 Å². The minimum absolute atomic E-state index is 0.00298. The minimum atomic E-state index is -3.15. The molecule has 1 atom stereocenters. The molecule has 0 bridgehead atoms. The quantitative estimate of drug-likeness (QED) is 0.604. The number of carbonyl (C=O) groups is 2. The number of sulfone groups is 1. The minimum Gasteiger partial charge on any atom is -0.496 e. The summed E-state index contributed by atoms with van der Waals surface area (Å²) >= 11 is 1.52. The molecular formula is C14H18N2O5S2. The third kappa shape index (κ3) is 4.38. The van der Waals surface area contributed by atoms with Gasteiger partial charge in [0.25, 0.3) is 5.91 Å². The lowest BCUT2D eigenvalue weighted by molar-refractivity contribution is -0.125. The number of carbonyl (C=O) groups excluding carboxylic acids is 2. The first kappa shape index (κ1) is 17.6. The Bertz CT molecular complexity index is 718. The topological polar surface area (TPSA) is 102 Å². The fourth-order valence-electron chi connectivity index (χ4n) is 2.28. The Morgan fingerprint density at radius 1 is 1.30 bits per heavy atom. The second-order valence-corrected chi connectivity index (χ2v) is 8.22. The summed E-state index contributed by atoms with van der Waals surface area (Å²) in [6, 6.07) is 5.10. The Hall–Kier alpha value is -1.74. The van der Waals surface area contributed by atoms with Crippen molar-refractivity contribution in [3.8, 4) is 5.75 Å². The SMILES string of the molecule is COc1cc(SC)ccc1C(=O)NNC(=O)[C@@H]1CCS(=O)(=O)C1. The summed E-state index contributed by atoms with van der Waals surface area (Å²) < 4.78 is 27.9. The molecule has 1 saturated heterocycles. The predicted molar refractivity (Wildman–Crippen MR) is 87.1 cm³/mol. The lowest BCUT2D eigenvalue weighted by atomic mass is 10.1. The maximum atomic E-state index is 12.1. The molecule has 1 heterocycles. The molecule has 2 rings (SSSR count). The Morgan fingerprint density at radius 2 is 2.04 bits per heavy atom. The van der Waals surface area contributed by atoms with Crippen LogP contribution in [0.3, 0.4) is 0 Å². The summed E-state index contributed by atoms with van der Waals surface area (Å²) in [5.41, 5.74) is 4.85. The number of hydrazine groups is 1. The predicted octanol–water partition coefficient (Wildman–Crippen LogP) is 0.613. The number of hydrogen-bond acceptors (Lipinski definition) is 6. The Labute approximate surface area is 139 Å². The van der Waals surface area contributed by atoms with Crippen LogP contribution < -0.4 is 15.6 Å². The van der Waals surface area contributed by atoms with E-state index < -0.39 is 27.6 Å². The van der Waals surface area contributed by atoms with E-state index >= 15 is 0 Å². The van der Waals surface area contributed by atoms with E-state index in [2.05, 4.69) is 10.9 Å². The van der Waals surface area contributed by atoms with E-state index in [0.717, 1.165) is 4.90 Å². The van der Waals surface area contributed by atoms with Gasteiger partial charge in [0.15, 0.2) is 9.84 Å². The molecule has 1 aliphatic heterocycles. The van der Waals surface area contributed by atoms with Crippen LogP contribution in [0.4, 0.5) is 0 Å².